The van der Waals surface area contributed by atoms with Gasteiger partial charge < -0.3 is 19.1 Å². The number of methoxy groups -OCH3 is 3. The van der Waals surface area contributed by atoms with Gasteiger partial charge in [-0.25, -0.2) is 15.2 Å². The van der Waals surface area contributed by atoms with Crippen LogP contribution < -0.4 is 24.8 Å². The van der Waals surface area contributed by atoms with E-state index >= 15 is 0 Å². The molecule has 0 saturated carbocycles. The van der Waals surface area contributed by atoms with Crippen molar-refractivity contribution in [3.8, 4) is 11.5 Å². The van der Waals surface area contributed by atoms with Gasteiger partial charge in [0.15, 0.2) is 0 Å². The molecule has 3 aromatic carbocycles. The number of para-hydroxylation sites is 2. The normalized spacial score (nSPS) is 13.1. The molecule has 0 radical (unpaired) electrons. The Bertz CT molecular complexity index is 1310. The highest BCUT2D eigenvalue weighted by molar-refractivity contribution is 9.10. The molecule has 40 heavy (non-hydrogen) atoms. The zero-order chi connectivity index (χ0) is 28.5. The van der Waals surface area contributed by atoms with Crippen LogP contribution in [0.3, 0.4) is 0 Å². The number of amides is 1. The molecule has 1 aliphatic heterocycles. The highest BCUT2D eigenvalue weighted by Gasteiger charge is 2.24. The SMILES string of the molecule is COC(=O)c1cc(Br)c(CC(=O)N(NCCc2ccc(OC)cc2)c2ccccc2N2CCCCC2)cc1OC. The van der Waals surface area contributed by atoms with Gasteiger partial charge in [0.1, 0.15) is 17.1 Å². The molecule has 0 aromatic heterocycles. The molecule has 9 heteroatoms. The van der Waals surface area contributed by atoms with Gasteiger partial charge in [-0.05, 0) is 73.2 Å². The third-order valence-corrected chi connectivity index (χ3v) is 7.77. The van der Waals surface area contributed by atoms with E-state index in [0.717, 1.165) is 55.0 Å². The van der Waals surface area contributed by atoms with Crippen LogP contribution >= 0.6 is 15.9 Å². The van der Waals surface area contributed by atoms with E-state index in [4.69, 9.17) is 14.2 Å². The maximum atomic E-state index is 14.0. The summed E-state index contributed by atoms with van der Waals surface area (Å²) in [5.41, 5.74) is 7.38. The zero-order valence-corrected chi connectivity index (χ0v) is 24.8. The van der Waals surface area contributed by atoms with Gasteiger partial charge in [-0.1, -0.05) is 40.2 Å². The van der Waals surface area contributed by atoms with Crippen LogP contribution in [0.15, 0.2) is 65.1 Å². The number of carbonyl (C=O) groups is 2. The molecule has 0 unspecified atom stereocenters. The van der Waals surface area contributed by atoms with Crippen molar-refractivity contribution < 1.29 is 23.8 Å². The van der Waals surface area contributed by atoms with E-state index in [1.165, 1.54) is 20.6 Å². The van der Waals surface area contributed by atoms with E-state index in [0.29, 0.717) is 22.3 Å². The number of piperidine rings is 1. The van der Waals surface area contributed by atoms with Crippen LogP contribution in [0.25, 0.3) is 0 Å². The maximum absolute atomic E-state index is 14.0. The average Bonchev–Trinajstić information content (AvgIpc) is 3.00. The number of hydrazine groups is 1. The molecule has 1 fully saturated rings. The Morgan fingerprint density at radius 2 is 1.68 bits per heavy atom. The van der Waals surface area contributed by atoms with Crippen LogP contribution in [0, 0.1) is 0 Å². The number of halogens is 1. The quantitative estimate of drug-likeness (QED) is 0.225. The van der Waals surface area contributed by atoms with Crippen molar-refractivity contribution in [1.29, 1.82) is 0 Å². The Labute approximate surface area is 244 Å². The number of nitrogens with zero attached hydrogens (tertiary/aromatic N) is 2. The van der Waals surface area contributed by atoms with E-state index in [1.54, 1.807) is 24.3 Å². The second kappa shape index (κ2) is 14.2. The molecule has 212 valence electrons. The lowest BCUT2D eigenvalue weighted by molar-refractivity contribution is -0.118. The van der Waals surface area contributed by atoms with Gasteiger partial charge in [0, 0.05) is 24.1 Å². The van der Waals surface area contributed by atoms with E-state index in [9.17, 15) is 9.59 Å². The highest BCUT2D eigenvalue weighted by atomic mass is 79.9. The third-order valence-electron chi connectivity index (χ3n) is 7.03. The minimum Gasteiger partial charge on any atom is -0.497 e. The number of nitrogens with one attached hydrogen (secondary N) is 1. The van der Waals surface area contributed by atoms with E-state index in [-0.39, 0.29) is 17.9 Å². The van der Waals surface area contributed by atoms with Crippen LogP contribution in [0.5, 0.6) is 11.5 Å². The first-order valence-corrected chi connectivity index (χ1v) is 14.2. The second-order valence-electron chi connectivity index (χ2n) is 9.58. The predicted molar refractivity (Wildman–Crippen MR) is 160 cm³/mol. The monoisotopic (exact) mass is 609 g/mol. The summed E-state index contributed by atoms with van der Waals surface area (Å²) in [7, 11) is 4.46. The minimum absolute atomic E-state index is 0.0856. The molecule has 1 saturated heterocycles. The fraction of sp³-hybridized carbons (Fsp3) is 0.355. The standard InChI is InChI=1S/C31H36BrN3O5/c1-38-24-13-11-22(12-14-24)15-16-33-35(28-10-6-5-9-27(28)34-17-7-4-8-18-34)30(36)20-23-19-29(39-2)25(21-26(23)32)31(37)40-3/h5-6,9-14,19,21,33H,4,7-8,15-18,20H2,1-3H3. The summed E-state index contributed by atoms with van der Waals surface area (Å²) in [6, 6.07) is 19.3. The number of carbonyl (C=O) groups excluding carboxylic acids is 2. The van der Waals surface area contributed by atoms with Crippen molar-refractivity contribution in [3.63, 3.8) is 0 Å². The van der Waals surface area contributed by atoms with E-state index < -0.39 is 5.97 Å². The molecule has 1 amide bonds. The summed E-state index contributed by atoms with van der Waals surface area (Å²) in [6.07, 6.45) is 4.30. The van der Waals surface area contributed by atoms with Crippen molar-refractivity contribution in [3.05, 3.63) is 81.8 Å². The first-order valence-electron chi connectivity index (χ1n) is 13.4. The van der Waals surface area contributed by atoms with Gasteiger partial charge in [-0.3, -0.25) is 4.79 Å². The van der Waals surface area contributed by atoms with Crippen LogP contribution in [-0.2, 0) is 22.4 Å². The minimum atomic E-state index is -0.507. The van der Waals surface area contributed by atoms with Crippen LogP contribution in [0.4, 0.5) is 11.4 Å². The highest BCUT2D eigenvalue weighted by Crippen LogP contribution is 2.33. The van der Waals surface area contributed by atoms with Crippen molar-refractivity contribution in [1.82, 2.24) is 5.43 Å². The Morgan fingerprint density at radius 3 is 2.35 bits per heavy atom. The second-order valence-corrected chi connectivity index (χ2v) is 10.4. The Kier molecular flexibility index (Phi) is 10.4. The topological polar surface area (TPSA) is 80.3 Å². The fourth-order valence-corrected chi connectivity index (χ4v) is 5.36. The molecular formula is C31H36BrN3O5. The Morgan fingerprint density at radius 1 is 0.950 bits per heavy atom. The van der Waals surface area contributed by atoms with Crippen molar-refractivity contribution >= 4 is 39.2 Å². The van der Waals surface area contributed by atoms with Crippen LogP contribution in [-0.4, -0.2) is 52.8 Å². The lowest BCUT2D eigenvalue weighted by atomic mass is 10.1. The molecule has 1 N–H and O–H groups in total. The number of esters is 1. The Balaban J connectivity index is 1.61. The third kappa shape index (κ3) is 7.14. The number of ether oxygens (including phenoxy) is 3. The maximum Gasteiger partial charge on any atom is 0.341 e. The van der Waals surface area contributed by atoms with Crippen molar-refractivity contribution in [2.75, 3.05) is 50.9 Å². The van der Waals surface area contributed by atoms with Crippen molar-refractivity contribution in [2.24, 2.45) is 0 Å². The van der Waals surface area contributed by atoms with E-state index in [2.05, 4.69) is 32.3 Å². The summed E-state index contributed by atoms with van der Waals surface area (Å²) in [4.78, 5) is 28.5. The molecule has 0 spiro atoms. The lowest BCUT2D eigenvalue weighted by Gasteiger charge is -2.34. The molecule has 0 atom stereocenters. The number of hydrogen-bond acceptors (Lipinski definition) is 7. The fourth-order valence-electron chi connectivity index (χ4n) is 4.88. The van der Waals surface area contributed by atoms with Gasteiger partial charge in [-0.15, -0.1) is 0 Å². The van der Waals surface area contributed by atoms with Crippen molar-refractivity contribution in [2.45, 2.75) is 32.1 Å². The van der Waals surface area contributed by atoms with Gasteiger partial charge in [0.25, 0.3) is 0 Å². The Hall–Kier alpha value is -3.56. The molecule has 8 nitrogen and oxygen atoms in total. The van der Waals surface area contributed by atoms with Gasteiger partial charge in [0.05, 0.1) is 39.1 Å². The molecule has 1 aliphatic rings. The van der Waals surface area contributed by atoms with Crippen LogP contribution in [0.1, 0.15) is 40.7 Å². The van der Waals surface area contributed by atoms with Gasteiger partial charge in [0.2, 0.25) is 5.91 Å². The number of benzene rings is 3. The lowest BCUT2D eigenvalue weighted by Crippen LogP contribution is -2.46. The number of hydrogen-bond donors (Lipinski definition) is 1. The number of anilines is 2. The summed E-state index contributed by atoms with van der Waals surface area (Å²) >= 11 is 3.54. The van der Waals surface area contributed by atoms with E-state index in [1.807, 2.05) is 42.5 Å². The first kappa shape index (κ1) is 29.4. The van der Waals surface area contributed by atoms with Crippen LogP contribution in [0.2, 0.25) is 0 Å². The number of rotatable bonds is 11. The smallest absolute Gasteiger partial charge is 0.341 e. The van der Waals surface area contributed by atoms with Gasteiger partial charge in [-0.2, -0.15) is 0 Å². The summed E-state index contributed by atoms with van der Waals surface area (Å²) in [5, 5.41) is 1.67. The summed E-state index contributed by atoms with van der Waals surface area (Å²) < 4.78 is 16.2. The average molecular weight is 611 g/mol. The zero-order valence-electron chi connectivity index (χ0n) is 23.2. The molecule has 0 aliphatic carbocycles. The first-order chi connectivity index (χ1) is 19.4. The van der Waals surface area contributed by atoms with Gasteiger partial charge >= 0.3 is 5.97 Å². The summed E-state index contributed by atoms with van der Waals surface area (Å²) in [6.45, 7) is 2.48. The molecule has 1 heterocycles. The summed E-state index contributed by atoms with van der Waals surface area (Å²) in [5.74, 6) is 0.522. The predicted octanol–water partition coefficient (Wildman–Crippen LogP) is 5.57. The molecule has 3 aromatic rings. The largest absolute Gasteiger partial charge is 0.497 e. The molecular weight excluding hydrogens is 574 g/mol. The molecule has 4 rings (SSSR count). The molecule has 0 bridgehead atoms.